The second-order valence-electron chi connectivity index (χ2n) is 8.88. The molecule has 0 radical (unpaired) electrons. The van der Waals surface area contributed by atoms with Crippen LogP contribution in [0.4, 0.5) is 0 Å². The van der Waals surface area contributed by atoms with Gasteiger partial charge in [-0.15, -0.1) is 0 Å². The Kier molecular flexibility index (Phi) is 7.61. The third-order valence-electron chi connectivity index (χ3n) is 5.99. The lowest BCUT2D eigenvalue weighted by Crippen LogP contribution is -2.43. The fraction of sp³-hybridized carbons (Fsp3) is 0.500. The van der Waals surface area contributed by atoms with Crippen LogP contribution in [0.2, 0.25) is 0 Å². The maximum atomic E-state index is 13.8. The number of benzene rings is 1. The molecular weight excluding hydrogens is 422 g/mol. The Labute approximate surface area is 195 Å². The van der Waals surface area contributed by atoms with Gasteiger partial charge >= 0.3 is 11.9 Å². The summed E-state index contributed by atoms with van der Waals surface area (Å²) in [5.74, 6) is -2.68. The second-order valence-corrected chi connectivity index (χ2v) is 8.88. The summed E-state index contributed by atoms with van der Waals surface area (Å²) >= 11 is 0. The van der Waals surface area contributed by atoms with Crippen molar-refractivity contribution in [1.29, 1.82) is 0 Å². The van der Waals surface area contributed by atoms with E-state index in [9.17, 15) is 14.4 Å². The van der Waals surface area contributed by atoms with Crippen molar-refractivity contribution >= 4 is 17.7 Å². The van der Waals surface area contributed by atoms with Crippen molar-refractivity contribution in [3.05, 3.63) is 52.4 Å². The molecule has 1 N–H and O–H groups in total. The van der Waals surface area contributed by atoms with E-state index >= 15 is 0 Å². The van der Waals surface area contributed by atoms with E-state index in [-0.39, 0.29) is 24.4 Å². The molecule has 0 amide bonds. The Morgan fingerprint density at radius 3 is 2.55 bits per heavy atom. The summed E-state index contributed by atoms with van der Waals surface area (Å²) < 4.78 is 16.5. The number of allylic oxidation sites excluding steroid dienone is 3. The number of ketones is 1. The third kappa shape index (κ3) is 4.82. The minimum Gasteiger partial charge on any atom is -0.491 e. The van der Waals surface area contributed by atoms with Crippen molar-refractivity contribution in [2.24, 2.45) is 11.8 Å². The molecule has 1 aliphatic carbocycles. The molecule has 1 aliphatic heterocycles. The normalized spacial score (nSPS) is 22.6. The van der Waals surface area contributed by atoms with Crippen LogP contribution in [0.1, 0.15) is 58.9 Å². The van der Waals surface area contributed by atoms with E-state index in [1.807, 2.05) is 58.9 Å². The number of carbonyl (C=O) groups excluding carboxylic acids is 3. The molecule has 0 saturated heterocycles. The summed E-state index contributed by atoms with van der Waals surface area (Å²) in [4.78, 5) is 39.5. The summed E-state index contributed by atoms with van der Waals surface area (Å²) in [6, 6.07) is 7.39. The van der Waals surface area contributed by atoms with Gasteiger partial charge in [-0.1, -0.05) is 32.0 Å². The van der Waals surface area contributed by atoms with Crippen molar-refractivity contribution in [2.45, 2.75) is 59.5 Å². The number of hydrogen-bond donors (Lipinski definition) is 1. The maximum Gasteiger partial charge on any atom is 0.336 e. The molecule has 3 atom stereocenters. The van der Waals surface area contributed by atoms with Crippen LogP contribution in [0.25, 0.3) is 0 Å². The smallest absolute Gasteiger partial charge is 0.336 e. The summed E-state index contributed by atoms with van der Waals surface area (Å²) in [5.41, 5.74) is 2.80. The topological polar surface area (TPSA) is 90.9 Å². The fourth-order valence-corrected chi connectivity index (χ4v) is 4.61. The minimum atomic E-state index is -0.928. The van der Waals surface area contributed by atoms with Crippen molar-refractivity contribution in [3.63, 3.8) is 0 Å². The van der Waals surface area contributed by atoms with Gasteiger partial charge in [-0.25, -0.2) is 4.79 Å². The van der Waals surface area contributed by atoms with Crippen molar-refractivity contribution in [2.75, 3.05) is 13.7 Å². The van der Waals surface area contributed by atoms with Crippen LogP contribution in [-0.4, -0.2) is 37.5 Å². The SMILES string of the molecule is CCCOC(=O)C1=C(C)NC2=C(C(=O)[C@@H](C(=O)OC)[C@H](C)C2)[C@H]1c1ccccc1OC(C)C. The van der Waals surface area contributed by atoms with Gasteiger partial charge in [-0.3, -0.25) is 9.59 Å². The fourth-order valence-electron chi connectivity index (χ4n) is 4.61. The molecular formula is C26H33NO6. The largest absolute Gasteiger partial charge is 0.491 e. The van der Waals surface area contributed by atoms with Crippen LogP contribution in [0.15, 0.2) is 46.8 Å². The van der Waals surface area contributed by atoms with Gasteiger partial charge in [0.25, 0.3) is 0 Å². The molecule has 0 saturated carbocycles. The number of hydrogen-bond acceptors (Lipinski definition) is 7. The summed E-state index contributed by atoms with van der Waals surface area (Å²) in [7, 11) is 1.28. The second kappa shape index (κ2) is 10.2. The first-order chi connectivity index (χ1) is 15.7. The van der Waals surface area contributed by atoms with Crippen molar-refractivity contribution in [3.8, 4) is 5.75 Å². The van der Waals surface area contributed by atoms with E-state index in [1.54, 1.807) is 0 Å². The Morgan fingerprint density at radius 1 is 1.21 bits per heavy atom. The molecule has 7 heteroatoms. The molecule has 0 aromatic heterocycles. The minimum absolute atomic E-state index is 0.105. The quantitative estimate of drug-likeness (QED) is 0.490. The van der Waals surface area contributed by atoms with E-state index in [4.69, 9.17) is 14.2 Å². The van der Waals surface area contributed by atoms with Gasteiger partial charge in [0.1, 0.15) is 11.7 Å². The number of carbonyl (C=O) groups is 3. The molecule has 2 aliphatic rings. The van der Waals surface area contributed by atoms with Gasteiger partial charge in [-0.2, -0.15) is 0 Å². The number of rotatable bonds is 7. The van der Waals surface area contributed by atoms with Crippen molar-refractivity contribution in [1.82, 2.24) is 5.32 Å². The average Bonchev–Trinajstić information content (AvgIpc) is 2.76. The first-order valence-electron chi connectivity index (χ1n) is 11.5. The van der Waals surface area contributed by atoms with Gasteiger partial charge in [0, 0.05) is 22.5 Å². The number of ether oxygens (including phenoxy) is 3. The molecule has 0 unspecified atom stereocenters. The molecule has 3 rings (SSSR count). The van der Waals surface area contributed by atoms with Crippen LogP contribution < -0.4 is 10.1 Å². The van der Waals surface area contributed by atoms with Crippen LogP contribution in [-0.2, 0) is 23.9 Å². The number of esters is 2. The van der Waals surface area contributed by atoms with Gasteiger partial charge in [-0.05, 0) is 45.6 Å². The molecule has 0 bridgehead atoms. The van der Waals surface area contributed by atoms with E-state index in [0.29, 0.717) is 41.0 Å². The Balaban J connectivity index is 2.22. The highest BCUT2D eigenvalue weighted by molar-refractivity contribution is 6.12. The molecule has 1 aromatic rings. The Bertz CT molecular complexity index is 1010. The standard InChI is InChI=1S/C26H33NO6/c1-7-12-32-26(30)21-16(5)27-18-13-15(4)20(25(29)31-6)24(28)23(18)22(21)17-10-8-9-11-19(17)33-14(2)3/h8-11,14-15,20,22,27H,7,12-13H2,1-6H3/t15-,20+,22+/m1/s1. The number of methoxy groups -OCH3 is 1. The van der Waals surface area contributed by atoms with Gasteiger partial charge in [0.05, 0.1) is 31.3 Å². The van der Waals surface area contributed by atoms with Gasteiger partial charge < -0.3 is 19.5 Å². The van der Waals surface area contributed by atoms with Crippen LogP contribution in [0, 0.1) is 11.8 Å². The van der Waals surface area contributed by atoms with E-state index in [1.165, 1.54) is 7.11 Å². The molecule has 7 nitrogen and oxygen atoms in total. The Morgan fingerprint density at radius 2 is 1.91 bits per heavy atom. The lowest BCUT2D eigenvalue weighted by atomic mass is 9.69. The highest BCUT2D eigenvalue weighted by Gasteiger charge is 2.47. The summed E-state index contributed by atoms with van der Waals surface area (Å²) in [6.07, 6.45) is 1.06. The summed E-state index contributed by atoms with van der Waals surface area (Å²) in [6.45, 7) is 9.70. The van der Waals surface area contributed by atoms with E-state index in [2.05, 4.69) is 5.32 Å². The first-order valence-corrected chi connectivity index (χ1v) is 11.5. The van der Waals surface area contributed by atoms with Crippen LogP contribution in [0.5, 0.6) is 5.75 Å². The number of dihydropyridines is 1. The first kappa shape index (κ1) is 24.6. The number of Topliss-reactive ketones (excluding diaryl/α,β-unsaturated/α-hetero) is 1. The maximum absolute atomic E-state index is 13.8. The lowest BCUT2D eigenvalue weighted by molar-refractivity contribution is -0.151. The van der Waals surface area contributed by atoms with Crippen molar-refractivity contribution < 1.29 is 28.6 Å². The number of nitrogens with one attached hydrogen (secondary N) is 1. The average molecular weight is 456 g/mol. The number of para-hydroxylation sites is 1. The van der Waals surface area contributed by atoms with Crippen LogP contribution in [0.3, 0.4) is 0 Å². The van der Waals surface area contributed by atoms with Gasteiger partial charge in [0.15, 0.2) is 5.78 Å². The molecule has 1 aromatic carbocycles. The zero-order valence-corrected chi connectivity index (χ0v) is 20.2. The molecule has 0 spiro atoms. The predicted octanol–water partition coefficient (Wildman–Crippen LogP) is 4.04. The van der Waals surface area contributed by atoms with Crippen LogP contribution >= 0.6 is 0 Å². The molecule has 0 fully saturated rings. The monoisotopic (exact) mass is 455 g/mol. The zero-order chi connectivity index (χ0) is 24.3. The highest BCUT2D eigenvalue weighted by Crippen LogP contribution is 2.47. The van der Waals surface area contributed by atoms with E-state index in [0.717, 1.165) is 5.70 Å². The van der Waals surface area contributed by atoms with E-state index < -0.39 is 23.8 Å². The lowest BCUT2D eigenvalue weighted by Gasteiger charge is -2.38. The molecule has 178 valence electrons. The zero-order valence-electron chi connectivity index (χ0n) is 20.2. The predicted molar refractivity (Wildman–Crippen MR) is 123 cm³/mol. The third-order valence-corrected chi connectivity index (χ3v) is 5.99. The highest BCUT2D eigenvalue weighted by atomic mass is 16.5. The molecule has 33 heavy (non-hydrogen) atoms. The molecule has 1 heterocycles. The Hall–Kier alpha value is -3.09. The summed E-state index contributed by atoms with van der Waals surface area (Å²) in [5, 5.41) is 3.27. The van der Waals surface area contributed by atoms with Gasteiger partial charge in [0.2, 0.25) is 0 Å².